The van der Waals surface area contributed by atoms with Crippen LogP contribution >= 0.6 is 11.6 Å². The van der Waals surface area contributed by atoms with Gasteiger partial charge in [-0.15, -0.1) is 0 Å². The lowest BCUT2D eigenvalue weighted by Crippen LogP contribution is -2.49. The molecule has 0 N–H and O–H groups in total. The van der Waals surface area contributed by atoms with E-state index < -0.39 is 10.0 Å². The number of nitrogens with zero attached hydrogens (tertiary/aromatic N) is 4. The molecule has 154 valence electrons. The Balaban J connectivity index is 1.66. The second-order valence-electron chi connectivity index (χ2n) is 7.55. The van der Waals surface area contributed by atoms with Gasteiger partial charge in [-0.25, -0.2) is 13.4 Å². The van der Waals surface area contributed by atoms with E-state index in [1.807, 2.05) is 36.4 Å². The van der Waals surface area contributed by atoms with Crippen molar-refractivity contribution in [3.8, 4) is 0 Å². The van der Waals surface area contributed by atoms with Crippen molar-refractivity contribution in [1.29, 1.82) is 0 Å². The van der Waals surface area contributed by atoms with E-state index in [1.54, 1.807) is 4.31 Å². The van der Waals surface area contributed by atoms with Gasteiger partial charge in [0.1, 0.15) is 5.82 Å². The molecular weight excluding hydrogens is 408 g/mol. The van der Waals surface area contributed by atoms with Gasteiger partial charge >= 0.3 is 0 Å². The largest absolute Gasteiger partial charge is 0.322 e. The number of piperazine rings is 1. The first-order valence-electron chi connectivity index (χ1n) is 9.72. The Kier molecular flexibility index (Phi) is 5.66. The summed E-state index contributed by atoms with van der Waals surface area (Å²) >= 11 is 6.21. The fourth-order valence-corrected chi connectivity index (χ4v) is 4.95. The summed E-state index contributed by atoms with van der Waals surface area (Å²) in [5.74, 6) is 0.971. The highest BCUT2D eigenvalue weighted by Crippen LogP contribution is 2.28. The molecule has 6 nitrogen and oxygen atoms in total. The molecule has 8 heteroatoms. The lowest BCUT2D eigenvalue weighted by atomic mass is 10.2. The molecule has 1 aliphatic rings. The van der Waals surface area contributed by atoms with Crippen molar-refractivity contribution >= 4 is 32.7 Å². The quantitative estimate of drug-likeness (QED) is 0.620. The highest BCUT2D eigenvalue weighted by molar-refractivity contribution is 7.88. The summed E-state index contributed by atoms with van der Waals surface area (Å²) < 4.78 is 27.4. The van der Waals surface area contributed by atoms with Crippen molar-refractivity contribution in [2.45, 2.75) is 19.5 Å². The Morgan fingerprint density at radius 3 is 2.41 bits per heavy atom. The van der Waals surface area contributed by atoms with Crippen LogP contribution in [0.1, 0.15) is 24.4 Å². The summed E-state index contributed by atoms with van der Waals surface area (Å²) in [5.41, 5.74) is 3.14. The van der Waals surface area contributed by atoms with E-state index in [9.17, 15) is 8.42 Å². The van der Waals surface area contributed by atoms with Gasteiger partial charge in [-0.2, -0.15) is 4.31 Å². The predicted molar refractivity (Wildman–Crippen MR) is 117 cm³/mol. The molecule has 0 aliphatic carbocycles. The van der Waals surface area contributed by atoms with Crippen LogP contribution in [0.25, 0.3) is 11.0 Å². The number of imidazole rings is 1. The minimum absolute atomic E-state index is 0.0617. The van der Waals surface area contributed by atoms with Crippen LogP contribution in [0.5, 0.6) is 0 Å². The van der Waals surface area contributed by atoms with Crippen LogP contribution in [-0.4, -0.2) is 59.6 Å². The van der Waals surface area contributed by atoms with Crippen LogP contribution in [0.2, 0.25) is 5.02 Å². The molecular formula is C21H25ClN4O2S. The number of hydrogen-bond donors (Lipinski definition) is 0. The average molecular weight is 433 g/mol. The highest BCUT2D eigenvalue weighted by atomic mass is 35.5. The molecule has 2 heterocycles. The number of sulfonamides is 1. The summed E-state index contributed by atoms with van der Waals surface area (Å²) in [5, 5.41) is 0.669. The number of hydrogen-bond acceptors (Lipinski definition) is 4. The Hall–Kier alpha value is -1.93. The van der Waals surface area contributed by atoms with E-state index in [2.05, 4.69) is 28.5 Å². The lowest BCUT2D eigenvalue weighted by molar-refractivity contribution is 0.140. The maximum absolute atomic E-state index is 11.8. The number of rotatable bonds is 5. The summed E-state index contributed by atoms with van der Waals surface area (Å²) in [6, 6.07) is 16.2. The molecule has 1 atom stereocenters. The molecule has 3 aromatic rings. The van der Waals surface area contributed by atoms with E-state index in [0.717, 1.165) is 23.4 Å². The van der Waals surface area contributed by atoms with Crippen LogP contribution in [0, 0.1) is 0 Å². The second-order valence-corrected chi connectivity index (χ2v) is 9.97. The van der Waals surface area contributed by atoms with Gasteiger partial charge in [-0.3, -0.25) is 4.90 Å². The zero-order valence-electron chi connectivity index (χ0n) is 16.6. The fraction of sp³-hybridized carbons (Fsp3) is 0.381. The smallest absolute Gasteiger partial charge is 0.211 e. The summed E-state index contributed by atoms with van der Waals surface area (Å²) in [6.45, 7) is 5.25. The first-order valence-corrected chi connectivity index (χ1v) is 11.9. The van der Waals surface area contributed by atoms with E-state index >= 15 is 0 Å². The molecule has 0 radical (unpaired) electrons. The van der Waals surface area contributed by atoms with Gasteiger partial charge in [0.15, 0.2) is 0 Å². The zero-order valence-corrected chi connectivity index (χ0v) is 18.2. The van der Waals surface area contributed by atoms with Crippen molar-refractivity contribution < 1.29 is 8.42 Å². The van der Waals surface area contributed by atoms with Crippen molar-refractivity contribution in [2.75, 3.05) is 32.4 Å². The van der Waals surface area contributed by atoms with Gasteiger partial charge < -0.3 is 4.57 Å². The Morgan fingerprint density at radius 1 is 1.07 bits per heavy atom. The molecule has 0 bridgehead atoms. The molecule has 4 rings (SSSR count). The van der Waals surface area contributed by atoms with Crippen LogP contribution in [-0.2, 0) is 16.6 Å². The van der Waals surface area contributed by atoms with E-state index in [4.69, 9.17) is 16.6 Å². The van der Waals surface area contributed by atoms with Crippen molar-refractivity contribution in [1.82, 2.24) is 18.8 Å². The summed E-state index contributed by atoms with van der Waals surface area (Å²) in [7, 11) is -3.14. The molecule has 1 saturated heterocycles. The molecule has 29 heavy (non-hydrogen) atoms. The first kappa shape index (κ1) is 20.3. The predicted octanol–water partition coefficient (Wildman–Crippen LogP) is 3.38. The van der Waals surface area contributed by atoms with Crippen LogP contribution in [0.15, 0.2) is 48.5 Å². The Morgan fingerprint density at radius 2 is 1.76 bits per heavy atom. The second kappa shape index (κ2) is 8.07. The summed E-state index contributed by atoms with van der Waals surface area (Å²) in [4.78, 5) is 7.22. The van der Waals surface area contributed by atoms with Crippen molar-refractivity contribution in [2.24, 2.45) is 0 Å². The monoisotopic (exact) mass is 432 g/mol. The lowest BCUT2D eigenvalue weighted by Gasteiger charge is -2.36. The topological polar surface area (TPSA) is 58.4 Å². The van der Waals surface area contributed by atoms with E-state index in [0.29, 0.717) is 31.2 Å². The third-order valence-corrected chi connectivity index (χ3v) is 7.13. The molecule has 0 saturated carbocycles. The molecule has 2 aromatic carbocycles. The highest BCUT2D eigenvalue weighted by Gasteiger charge is 2.29. The van der Waals surface area contributed by atoms with Gasteiger partial charge in [-0.1, -0.05) is 41.9 Å². The van der Waals surface area contributed by atoms with Gasteiger partial charge in [0.25, 0.3) is 0 Å². The normalized spacial score (nSPS) is 17.6. The van der Waals surface area contributed by atoms with Crippen LogP contribution < -0.4 is 0 Å². The number of aromatic nitrogens is 2. The van der Waals surface area contributed by atoms with Crippen molar-refractivity contribution in [3.05, 3.63) is 64.9 Å². The maximum Gasteiger partial charge on any atom is 0.211 e. The molecule has 0 unspecified atom stereocenters. The molecule has 0 amide bonds. The SMILES string of the molecule is C[C@@H](c1nc2cc(Cl)ccc2n1Cc1ccccc1)N1CCN(S(C)(=O)=O)CC1. The Labute approximate surface area is 176 Å². The molecule has 0 spiro atoms. The minimum Gasteiger partial charge on any atom is -0.322 e. The summed E-state index contributed by atoms with van der Waals surface area (Å²) in [6.07, 6.45) is 1.27. The van der Waals surface area contributed by atoms with Gasteiger partial charge in [0.05, 0.1) is 23.3 Å². The standard InChI is InChI=1S/C21H25ClN4O2S/c1-16(24-10-12-25(13-11-24)29(2,27)28)21-23-19-14-18(22)8-9-20(19)26(21)15-17-6-4-3-5-7-17/h3-9,14,16H,10-13,15H2,1-2H3/t16-/m0/s1. The van der Waals surface area contributed by atoms with Crippen LogP contribution in [0.3, 0.4) is 0 Å². The molecule has 1 aliphatic heterocycles. The number of halogens is 1. The molecule has 1 aromatic heterocycles. The average Bonchev–Trinajstić information content (AvgIpc) is 3.05. The fourth-order valence-electron chi connectivity index (χ4n) is 3.96. The third kappa shape index (κ3) is 4.33. The number of benzene rings is 2. The maximum atomic E-state index is 11.8. The molecule has 1 fully saturated rings. The third-order valence-electron chi connectivity index (χ3n) is 5.59. The minimum atomic E-state index is -3.14. The Bertz CT molecular complexity index is 1110. The first-order chi connectivity index (χ1) is 13.8. The number of fused-ring (bicyclic) bond motifs is 1. The van der Waals surface area contributed by atoms with Gasteiger partial charge in [0, 0.05) is 37.7 Å². The van der Waals surface area contributed by atoms with E-state index in [1.165, 1.54) is 11.8 Å². The van der Waals surface area contributed by atoms with Crippen LogP contribution in [0.4, 0.5) is 0 Å². The van der Waals surface area contributed by atoms with E-state index in [-0.39, 0.29) is 6.04 Å². The van der Waals surface area contributed by atoms with Crippen molar-refractivity contribution in [3.63, 3.8) is 0 Å². The zero-order chi connectivity index (χ0) is 20.6. The van der Waals surface area contributed by atoms with Gasteiger partial charge in [0.2, 0.25) is 10.0 Å². The van der Waals surface area contributed by atoms with Gasteiger partial charge in [-0.05, 0) is 30.7 Å².